The first kappa shape index (κ1) is 52.3. The van der Waals surface area contributed by atoms with E-state index in [9.17, 15) is 34.2 Å². The third kappa shape index (κ3) is 12.2. The van der Waals surface area contributed by atoms with Crippen LogP contribution in [0.2, 0.25) is 0 Å². The lowest BCUT2D eigenvalue weighted by Crippen LogP contribution is -2.56. The number of hydrogen-bond donors (Lipinski definition) is 5. The maximum Gasteiger partial charge on any atom is 0.269 e. The average Bonchev–Trinajstić information content (AvgIpc) is 3.33. The minimum absolute atomic E-state index is 0.0669. The van der Waals surface area contributed by atoms with E-state index < -0.39 is 24.2 Å². The van der Waals surface area contributed by atoms with Crippen molar-refractivity contribution in [1.82, 2.24) is 40.2 Å². The first-order chi connectivity index (χ1) is 34.0. The first-order valence-corrected chi connectivity index (χ1v) is 24.7. The number of rotatable bonds is 18. The van der Waals surface area contributed by atoms with Crippen molar-refractivity contribution in [2.45, 2.75) is 116 Å². The Morgan fingerprint density at radius 2 is 1.06 bits per heavy atom. The van der Waals surface area contributed by atoms with Crippen molar-refractivity contribution < 1.29 is 29.4 Å². The Morgan fingerprint density at radius 3 is 1.45 bits per heavy atom. The second kappa shape index (κ2) is 23.1. The van der Waals surface area contributed by atoms with E-state index in [-0.39, 0.29) is 65.9 Å². The second-order valence-electron chi connectivity index (χ2n) is 19.6. The maximum atomic E-state index is 14.6. The normalized spacial score (nSPS) is 16.7. The van der Waals surface area contributed by atoms with Gasteiger partial charge in [-0.05, 0) is 187 Å². The van der Waals surface area contributed by atoms with E-state index in [4.69, 9.17) is 0 Å². The molecule has 7 rings (SSSR count). The molecular weight excluding hydrogens is 897 g/mol. The predicted octanol–water partition coefficient (Wildman–Crippen LogP) is 4.77. The molecule has 4 aromatic carbocycles. The number of nitrogens with zero attached hydrogens (tertiary/aromatic N) is 5. The van der Waals surface area contributed by atoms with Crippen LogP contribution in [0.5, 0.6) is 11.5 Å². The molecule has 0 saturated heterocycles. The number of aromatic amines is 1. The molecule has 5 N–H and O–H groups in total. The Balaban J connectivity index is 1.05. The highest BCUT2D eigenvalue weighted by Gasteiger charge is 2.39. The van der Waals surface area contributed by atoms with Crippen LogP contribution in [0.4, 0.5) is 0 Å². The highest BCUT2D eigenvalue weighted by molar-refractivity contribution is 6.01. The van der Waals surface area contributed by atoms with E-state index in [2.05, 4.69) is 32.7 Å². The monoisotopic (exact) mass is 967 g/mol. The summed E-state index contributed by atoms with van der Waals surface area (Å²) in [5, 5.41) is 26.7. The van der Waals surface area contributed by atoms with Crippen LogP contribution >= 0.6 is 0 Å². The summed E-state index contributed by atoms with van der Waals surface area (Å²) in [4.78, 5) is 86.1. The highest BCUT2D eigenvalue weighted by Crippen LogP contribution is 2.28. The minimum atomic E-state index is -0.735. The van der Waals surface area contributed by atoms with Crippen molar-refractivity contribution in [3.05, 3.63) is 156 Å². The Hall–Kier alpha value is -6.52. The lowest BCUT2D eigenvalue weighted by molar-refractivity contribution is -0.151. The van der Waals surface area contributed by atoms with E-state index in [0.29, 0.717) is 63.7 Å². The van der Waals surface area contributed by atoms with Crippen LogP contribution < -0.4 is 16.2 Å². The van der Waals surface area contributed by atoms with Gasteiger partial charge in [0, 0.05) is 38.1 Å². The zero-order valence-electron chi connectivity index (χ0n) is 42.5. The summed E-state index contributed by atoms with van der Waals surface area (Å²) in [6.07, 6.45) is 4.36. The molecular formula is C56H70N8O7. The number of amides is 4. The van der Waals surface area contributed by atoms with Gasteiger partial charge in [-0.3, -0.25) is 48.6 Å². The minimum Gasteiger partial charge on any atom is -0.508 e. The Labute approximate surface area is 417 Å². The summed E-state index contributed by atoms with van der Waals surface area (Å²) in [6, 6.07) is 20.2. The van der Waals surface area contributed by atoms with Crippen LogP contribution in [0.25, 0.3) is 0 Å². The number of aromatic hydroxyl groups is 2. The summed E-state index contributed by atoms with van der Waals surface area (Å²) < 4.78 is 0. The molecule has 1 aromatic heterocycles. The van der Waals surface area contributed by atoms with E-state index in [1.165, 1.54) is 9.80 Å². The topological polar surface area (TPSA) is 192 Å². The Bertz CT molecular complexity index is 2780. The van der Waals surface area contributed by atoms with Crippen molar-refractivity contribution in [2.24, 2.45) is 0 Å². The molecule has 3 heterocycles. The highest BCUT2D eigenvalue weighted by atomic mass is 16.3. The summed E-state index contributed by atoms with van der Waals surface area (Å²) in [5.74, 6) is -1.01. The standard InChI is InChI=1S/C56H70N8O7/c1-34-23-43(65)24-35(2)45(34)29-48(57-5)53(68)63(55(70)50-27-38-15-9-11-17-40(38)32-61(50)7)21-13-19-42-31-59-47(52(67)60-42)20-14-22-64(56(71)51-28-39-16-10-12-18-41(39)33-62(51)8)54(69)49(58-6)30-46-36(3)25-44(66)26-37(46)4/h9-12,15-18,23-26,31,48-51,57-58,65-66H,13-14,19-22,27-30,32-33H2,1-8H3,(H,60,67)/t48-,49-,50?,51?/m0/s1. The molecule has 15 nitrogen and oxygen atoms in total. The number of fused-ring (bicyclic) bond motifs is 2. The molecule has 2 aliphatic heterocycles. The van der Waals surface area contributed by atoms with Gasteiger partial charge in [0.1, 0.15) is 17.2 Å². The molecule has 71 heavy (non-hydrogen) atoms. The quantitative estimate of drug-likeness (QED) is 0.0811. The lowest BCUT2D eigenvalue weighted by atomic mass is 9.92. The molecule has 0 saturated carbocycles. The van der Waals surface area contributed by atoms with Crippen molar-refractivity contribution in [3.63, 3.8) is 0 Å². The number of benzene rings is 4. The number of hydrogen-bond acceptors (Lipinski definition) is 12. The SMILES string of the molecule is CN[C@@H](Cc1c(C)cc(O)cc1C)C(=O)N(CCCc1cnc(CCCN(C(=O)C2Cc3ccccc3CN2C)C(=O)[C@H](Cc2c(C)cc(O)cc2C)NC)c(=O)[nH]1)C(=O)C1Cc2ccccc2CN1C. The van der Waals surface area contributed by atoms with E-state index in [1.54, 1.807) is 44.6 Å². The third-order valence-corrected chi connectivity index (χ3v) is 14.6. The molecule has 0 aliphatic carbocycles. The molecule has 4 amide bonds. The number of phenolic OH excluding ortho intramolecular Hbond substituents is 2. The smallest absolute Gasteiger partial charge is 0.269 e. The second-order valence-corrected chi connectivity index (χ2v) is 19.6. The van der Waals surface area contributed by atoms with Gasteiger partial charge in [0.25, 0.3) is 5.56 Å². The molecule has 0 radical (unpaired) electrons. The van der Waals surface area contributed by atoms with Gasteiger partial charge >= 0.3 is 0 Å². The summed E-state index contributed by atoms with van der Waals surface area (Å²) in [7, 11) is 7.21. The summed E-state index contributed by atoms with van der Waals surface area (Å²) in [5.41, 5.74) is 10.1. The van der Waals surface area contributed by atoms with Gasteiger partial charge < -0.3 is 25.8 Å². The van der Waals surface area contributed by atoms with E-state index in [1.807, 2.05) is 88.0 Å². The van der Waals surface area contributed by atoms with Crippen molar-refractivity contribution in [3.8, 4) is 11.5 Å². The number of carbonyl (C=O) groups excluding carboxylic acids is 4. The van der Waals surface area contributed by atoms with Gasteiger partial charge in [-0.2, -0.15) is 0 Å². The molecule has 376 valence electrons. The molecule has 0 spiro atoms. The maximum absolute atomic E-state index is 14.6. The molecule has 5 aromatic rings. The van der Waals surface area contributed by atoms with Gasteiger partial charge in [-0.25, -0.2) is 0 Å². The molecule has 15 heteroatoms. The van der Waals surface area contributed by atoms with Crippen LogP contribution in [-0.4, -0.2) is 129 Å². The van der Waals surface area contributed by atoms with Gasteiger partial charge in [-0.15, -0.1) is 0 Å². The van der Waals surface area contributed by atoms with Gasteiger partial charge in [0.2, 0.25) is 23.6 Å². The molecule has 4 atom stereocenters. The number of aromatic nitrogens is 2. The van der Waals surface area contributed by atoms with Crippen LogP contribution in [-0.2, 0) is 70.8 Å². The largest absolute Gasteiger partial charge is 0.508 e. The fourth-order valence-corrected chi connectivity index (χ4v) is 10.5. The summed E-state index contributed by atoms with van der Waals surface area (Å²) in [6.45, 7) is 8.89. The van der Waals surface area contributed by atoms with Crippen LogP contribution in [0.15, 0.2) is 83.8 Å². The number of aryl methyl sites for hydroxylation is 6. The molecule has 0 bridgehead atoms. The van der Waals surface area contributed by atoms with Crippen molar-refractivity contribution >= 4 is 23.6 Å². The Morgan fingerprint density at radius 1 is 0.662 bits per heavy atom. The van der Waals surface area contributed by atoms with Crippen molar-refractivity contribution in [2.75, 3.05) is 41.3 Å². The van der Waals surface area contributed by atoms with Crippen LogP contribution in [0.3, 0.4) is 0 Å². The number of carbonyl (C=O) groups is 4. The van der Waals surface area contributed by atoms with E-state index in [0.717, 1.165) is 55.6 Å². The molecule has 2 unspecified atom stereocenters. The lowest BCUT2D eigenvalue weighted by Gasteiger charge is -2.37. The van der Waals surface area contributed by atoms with Crippen molar-refractivity contribution in [1.29, 1.82) is 0 Å². The first-order valence-electron chi connectivity index (χ1n) is 24.7. The predicted molar refractivity (Wildman–Crippen MR) is 274 cm³/mol. The molecule has 0 fully saturated rings. The third-order valence-electron chi connectivity index (χ3n) is 14.6. The number of imide groups is 2. The molecule has 2 aliphatic rings. The van der Waals surface area contributed by atoms with Gasteiger partial charge in [0.15, 0.2) is 0 Å². The van der Waals surface area contributed by atoms with Crippen LogP contribution in [0, 0.1) is 27.7 Å². The number of H-pyrrole nitrogens is 1. The summed E-state index contributed by atoms with van der Waals surface area (Å²) >= 11 is 0. The number of likely N-dealkylation sites (N-methyl/N-ethyl adjacent to an activating group) is 4. The fourth-order valence-electron chi connectivity index (χ4n) is 10.5. The fraction of sp³-hybridized carbons (Fsp3) is 0.429. The van der Waals surface area contributed by atoms with Gasteiger partial charge in [0.05, 0.1) is 24.2 Å². The number of phenols is 2. The van der Waals surface area contributed by atoms with E-state index >= 15 is 0 Å². The van der Waals surface area contributed by atoms with Crippen LogP contribution in [0.1, 0.15) is 79.9 Å². The number of nitrogens with one attached hydrogen (secondary N) is 3. The Kier molecular flexibility index (Phi) is 17.0. The zero-order chi connectivity index (χ0) is 51.1. The zero-order valence-corrected chi connectivity index (χ0v) is 42.5. The average molecular weight is 967 g/mol. The van der Waals surface area contributed by atoms with Gasteiger partial charge in [-0.1, -0.05) is 48.5 Å².